The van der Waals surface area contributed by atoms with E-state index in [1.165, 1.54) is 19.1 Å². The van der Waals surface area contributed by atoms with Gasteiger partial charge < -0.3 is 20.9 Å². The Morgan fingerprint density at radius 1 is 0.974 bits per heavy atom. The van der Waals surface area contributed by atoms with Crippen LogP contribution in [0.1, 0.15) is 60.7 Å². The van der Waals surface area contributed by atoms with Crippen LogP contribution in [0.3, 0.4) is 0 Å². The number of halogens is 2. The highest BCUT2D eigenvalue weighted by Gasteiger charge is 2.27. The molecule has 2 amide bonds. The second-order valence-electron chi connectivity index (χ2n) is 9.35. The van der Waals surface area contributed by atoms with Gasteiger partial charge in [0.15, 0.2) is 5.82 Å². The second-order valence-corrected chi connectivity index (χ2v) is 9.35. The van der Waals surface area contributed by atoms with Crippen LogP contribution in [0.4, 0.5) is 14.5 Å². The Labute approximate surface area is 221 Å². The van der Waals surface area contributed by atoms with E-state index < -0.39 is 11.6 Å². The number of anilines is 1. The quantitative estimate of drug-likeness (QED) is 0.375. The third kappa shape index (κ3) is 4.85. The second kappa shape index (κ2) is 11.2. The number of carbonyl (C=O) groups excluding carboxylic acids is 2. The van der Waals surface area contributed by atoms with Crippen LogP contribution in [-0.4, -0.2) is 59.0 Å². The summed E-state index contributed by atoms with van der Waals surface area (Å²) in [5.74, 6) is -1.55. The lowest BCUT2D eigenvalue weighted by molar-refractivity contribution is -0.130. The molecule has 0 unspecified atom stereocenters. The van der Waals surface area contributed by atoms with Gasteiger partial charge >= 0.3 is 0 Å². The fraction of sp³-hybridized carbons (Fsp3) is 0.379. The summed E-state index contributed by atoms with van der Waals surface area (Å²) in [5.41, 5.74) is 9.15. The van der Waals surface area contributed by atoms with Crippen LogP contribution in [0.2, 0.25) is 0 Å². The molecule has 2 aliphatic rings. The van der Waals surface area contributed by atoms with Crippen molar-refractivity contribution < 1.29 is 18.4 Å². The number of fused-ring (bicyclic) bond motifs is 3. The third-order valence-corrected chi connectivity index (χ3v) is 7.23. The molecule has 38 heavy (non-hydrogen) atoms. The maximum Gasteiger partial charge on any atom is 0.254 e. The summed E-state index contributed by atoms with van der Waals surface area (Å²) in [6, 6.07) is 5.46. The number of nitrogens with zero attached hydrogens (tertiary/aromatic N) is 3. The average Bonchev–Trinajstić information content (AvgIpc) is 2.93. The first kappa shape index (κ1) is 27.2. The van der Waals surface area contributed by atoms with E-state index in [4.69, 9.17) is 11.1 Å². The molecule has 1 aliphatic heterocycles. The first-order valence-corrected chi connectivity index (χ1v) is 13.1. The first-order chi connectivity index (χ1) is 18.3. The fourth-order valence-electron chi connectivity index (χ4n) is 5.34. The molecule has 0 spiro atoms. The highest BCUT2D eigenvalue weighted by atomic mass is 19.1. The number of rotatable bonds is 3. The van der Waals surface area contributed by atoms with Crippen molar-refractivity contribution in [3.8, 4) is 11.3 Å². The van der Waals surface area contributed by atoms with E-state index >= 15 is 4.39 Å². The lowest BCUT2D eigenvalue weighted by atomic mass is 9.84. The Bertz CT molecular complexity index is 1410. The third-order valence-electron chi connectivity index (χ3n) is 7.23. The van der Waals surface area contributed by atoms with Gasteiger partial charge in [0.2, 0.25) is 5.91 Å². The van der Waals surface area contributed by atoms with Gasteiger partial charge in [0.1, 0.15) is 11.3 Å². The monoisotopic (exact) mass is 521 g/mol. The molecule has 0 saturated carbocycles. The van der Waals surface area contributed by atoms with Crippen LogP contribution >= 0.6 is 0 Å². The van der Waals surface area contributed by atoms with E-state index in [0.29, 0.717) is 55.7 Å². The zero-order valence-electron chi connectivity index (χ0n) is 22.0. The number of amides is 2. The summed E-state index contributed by atoms with van der Waals surface area (Å²) >= 11 is 0. The number of benzene rings is 2. The molecule has 7 nitrogen and oxygen atoms in total. The number of aromatic nitrogens is 1. The Morgan fingerprint density at radius 2 is 1.61 bits per heavy atom. The van der Waals surface area contributed by atoms with Crippen LogP contribution in [0, 0.1) is 17.0 Å². The molecule has 0 atom stereocenters. The van der Waals surface area contributed by atoms with Gasteiger partial charge in [0.05, 0.1) is 5.69 Å². The molecular weight excluding hydrogens is 488 g/mol. The van der Waals surface area contributed by atoms with Crippen molar-refractivity contribution in [1.29, 1.82) is 5.41 Å². The summed E-state index contributed by atoms with van der Waals surface area (Å²) in [6.45, 7) is 7.17. The van der Waals surface area contributed by atoms with Crippen molar-refractivity contribution in [2.45, 2.75) is 46.5 Å². The van der Waals surface area contributed by atoms with E-state index in [2.05, 4.69) is 4.98 Å². The maximum absolute atomic E-state index is 15.5. The largest absolute Gasteiger partial charge is 0.398 e. The molecule has 2 heterocycles. The highest BCUT2D eigenvalue weighted by Crippen LogP contribution is 2.39. The van der Waals surface area contributed by atoms with Crippen molar-refractivity contribution in [1.82, 2.24) is 14.8 Å². The zero-order chi connectivity index (χ0) is 27.6. The van der Waals surface area contributed by atoms with Gasteiger partial charge in [-0.15, -0.1) is 0 Å². The number of piperazine rings is 1. The number of nitrogen functional groups attached to an aromatic ring is 1. The molecular formula is C29H33F2N5O2. The Kier molecular flexibility index (Phi) is 8.04. The van der Waals surface area contributed by atoms with Crippen molar-refractivity contribution >= 4 is 34.6 Å². The molecule has 200 valence electrons. The number of pyridine rings is 1. The summed E-state index contributed by atoms with van der Waals surface area (Å²) in [6.07, 6.45) is 4.22. The van der Waals surface area contributed by atoms with E-state index in [1.54, 1.807) is 15.9 Å². The van der Waals surface area contributed by atoms with Gasteiger partial charge in [-0.25, -0.2) is 13.8 Å². The van der Waals surface area contributed by atoms with Crippen molar-refractivity contribution in [2.75, 3.05) is 31.9 Å². The molecule has 1 aromatic heterocycles. The summed E-state index contributed by atoms with van der Waals surface area (Å²) < 4.78 is 30.5. The maximum atomic E-state index is 15.5. The Morgan fingerprint density at radius 3 is 2.21 bits per heavy atom. The predicted molar refractivity (Wildman–Crippen MR) is 146 cm³/mol. The normalized spacial score (nSPS) is 15.0. The van der Waals surface area contributed by atoms with Crippen LogP contribution in [0.15, 0.2) is 24.3 Å². The molecule has 3 N–H and O–H groups in total. The molecule has 0 bridgehead atoms. The van der Waals surface area contributed by atoms with Gasteiger partial charge in [-0.2, -0.15) is 0 Å². The van der Waals surface area contributed by atoms with E-state index in [0.717, 1.165) is 36.2 Å². The SMILES string of the molecule is CC.CC(=O)N1CCN(C(=O)c2ccc(-c3nc4c(F)cc(N)c(C=N)c4c4c3CCCC4)c(F)c2)CC1. The Hall–Kier alpha value is -3.88. The van der Waals surface area contributed by atoms with E-state index in [9.17, 15) is 14.0 Å². The van der Waals surface area contributed by atoms with Crippen LogP contribution in [0.25, 0.3) is 22.2 Å². The molecule has 3 aromatic rings. The number of aryl methyl sites for hydroxylation is 1. The fourth-order valence-corrected chi connectivity index (χ4v) is 5.34. The molecule has 0 radical (unpaired) electrons. The summed E-state index contributed by atoms with van der Waals surface area (Å²) in [5, 5.41) is 8.34. The molecule has 2 aromatic carbocycles. The highest BCUT2D eigenvalue weighted by molar-refractivity contribution is 6.05. The number of hydrogen-bond donors (Lipinski definition) is 2. The van der Waals surface area contributed by atoms with Gasteiger partial charge in [0, 0.05) is 67.1 Å². The van der Waals surface area contributed by atoms with Crippen molar-refractivity contribution in [2.24, 2.45) is 0 Å². The predicted octanol–water partition coefficient (Wildman–Crippen LogP) is 4.97. The van der Waals surface area contributed by atoms with Gasteiger partial charge in [0.25, 0.3) is 5.91 Å². The summed E-state index contributed by atoms with van der Waals surface area (Å²) in [7, 11) is 0. The molecule has 1 saturated heterocycles. The molecule has 9 heteroatoms. The van der Waals surface area contributed by atoms with E-state index in [-0.39, 0.29) is 34.1 Å². The number of nitrogens with two attached hydrogens (primary N) is 1. The summed E-state index contributed by atoms with van der Waals surface area (Å²) in [4.78, 5) is 32.4. The van der Waals surface area contributed by atoms with Gasteiger partial charge in [-0.1, -0.05) is 13.8 Å². The van der Waals surface area contributed by atoms with Crippen LogP contribution in [0.5, 0.6) is 0 Å². The molecule has 1 aliphatic carbocycles. The van der Waals surface area contributed by atoms with E-state index in [1.807, 2.05) is 13.8 Å². The van der Waals surface area contributed by atoms with Crippen LogP contribution < -0.4 is 5.73 Å². The van der Waals surface area contributed by atoms with Gasteiger partial charge in [-0.05, 0) is 61.1 Å². The number of nitrogens with one attached hydrogen (secondary N) is 1. The van der Waals surface area contributed by atoms with Crippen molar-refractivity contribution in [3.63, 3.8) is 0 Å². The first-order valence-electron chi connectivity index (χ1n) is 13.1. The number of hydrogen-bond acceptors (Lipinski definition) is 5. The minimum Gasteiger partial charge on any atom is -0.398 e. The van der Waals surface area contributed by atoms with Crippen LogP contribution in [-0.2, 0) is 17.6 Å². The van der Waals surface area contributed by atoms with Gasteiger partial charge in [-0.3, -0.25) is 9.59 Å². The molecule has 1 fully saturated rings. The number of carbonyl (C=O) groups is 2. The lowest BCUT2D eigenvalue weighted by Gasteiger charge is -2.34. The topological polar surface area (TPSA) is 103 Å². The lowest BCUT2D eigenvalue weighted by Crippen LogP contribution is -2.50. The molecule has 5 rings (SSSR count). The minimum atomic E-state index is -0.611. The zero-order valence-corrected chi connectivity index (χ0v) is 22.0. The van der Waals surface area contributed by atoms with Crippen molar-refractivity contribution in [3.05, 3.63) is 58.2 Å². The smallest absolute Gasteiger partial charge is 0.254 e. The Balaban J connectivity index is 0.00000164. The average molecular weight is 522 g/mol. The standard InChI is InChI=1S/C27H27F2N5O2.C2H6/c1-15(35)33-8-10-34(11-9-33)27(36)16-6-7-19(21(28)12-16)25-18-5-3-2-4-17(18)24-20(14-30)23(31)13-22(29)26(24)32-25;1-2/h6-7,12-14,30H,2-5,8-11,31H2,1H3;1-2H3. The minimum absolute atomic E-state index is 0.0319.